The summed E-state index contributed by atoms with van der Waals surface area (Å²) in [5.74, 6) is -0.781. The second kappa shape index (κ2) is 9.66. The molecule has 1 aliphatic rings. The number of rotatable bonds is 6. The van der Waals surface area contributed by atoms with Crippen molar-refractivity contribution in [2.24, 2.45) is 0 Å². The third kappa shape index (κ3) is 5.64. The molecular weight excluding hydrogens is 404 g/mol. The van der Waals surface area contributed by atoms with Crippen molar-refractivity contribution < 1.29 is 44.2 Å². The van der Waals surface area contributed by atoms with Gasteiger partial charge in [0, 0.05) is 0 Å². The third-order valence-electron chi connectivity index (χ3n) is 4.36. The number of ether oxygens (including phenoxy) is 3. The van der Waals surface area contributed by atoms with Crippen LogP contribution in [0.25, 0.3) is 0 Å². The number of carbonyl (C=O) groups is 2. The second-order valence-electron chi connectivity index (χ2n) is 7.81. The van der Waals surface area contributed by atoms with Crippen molar-refractivity contribution in [3.63, 3.8) is 0 Å². The van der Waals surface area contributed by atoms with E-state index in [2.05, 4.69) is 15.6 Å². The van der Waals surface area contributed by atoms with Crippen LogP contribution < -0.4 is 5.32 Å². The molecule has 0 bridgehead atoms. The highest BCUT2D eigenvalue weighted by atomic mass is 16.6. The van der Waals surface area contributed by atoms with Crippen molar-refractivity contribution in [1.82, 2.24) is 20.3 Å². The first kappa shape index (κ1) is 24.0. The third-order valence-corrected chi connectivity index (χ3v) is 4.36. The molecule has 5 N–H and O–H groups in total. The summed E-state index contributed by atoms with van der Waals surface area (Å²) in [6, 6.07) is -1.21. The summed E-state index contributed by atoms with van der Waals surface area (Å²) in [4.78, 5) is 24.2. The Balaban J connectivity index is 2.22. The van der Waals surface area contributed by atoms with E-state index in [1.54, 1.807) is 20.8 Å². The maximum Gasteiger partial charge on any atom is 0.408 e. The molecule has 0 aromatic carbocycles. The van der Waals surface area contributed by atoms with Gasteiger partial charge in [-0.3, -0.25) is 0 Å². The number of nitrogens with one attached hydrogen (secondary N) is 1. The van der Waals surface area contributed by atoms with E-state index in [0.717, 1.165) is 7.11 Å². The van der Waals surface area contributed by atoms with Gasteiger partial charge in [-0.25, -0.2) is 14.3 Å². The molecule has 1 aromatic heterocycles. The number of hydrogen-bond donors (Lipinski definition) is 5. The van der Waals surface area contributed by atoms with E-state index >= 15 is 0 Å². The van der Waals surface area contributed by atoms with Crippen molar-refractivity contribution in [3.8, 4) is 0 Å². The van der Waals surface area contributed by atoms with Crippen LogP contribution in [0.1, 0.15) is 32.6 Å². The average molecular weight is 432 g/mol. The Bertz CT molecular complexity index is 733. The Kier molecular flexibility index (Phi) is 7.71. The second-order valence-corrected chi connectivity index (χ2v) is 7.81. The predicted molar refractivity (Wildman–Crippen MR) is 97.9 cm³/mol. The number of esters is 1. The lowest BCUT2D eigenvalue weighted by atomic mass is 9.93. The fourth-order valence-corrected chi connectivity index (χ4v) is 2.92. The maximum atomic E-state index is 12.1. The zero-order valence-corrected chi connectivity index (χ0v) is 17.1. The molecule has 1 fully saturated rings. The highest BCUT2D eigenvalue weighted by molar-refractivity contribution is 5.81. The van der Waals surface area contributed by atoms with E-state index in [1.807, 2.05) is 0 Å². The van der Waals surface area contributed by atoms with Crippen molar-refractivity contribution >= 4 is 12.1 Å². The number of aliphatic hydroxyl groups excluding tert-OH is 4. The number of aliphatic hydroxyl groups is 4. The molecule has 6 atom stereocenters. The van der Waals surface area contributed by atoms with Crippen LogP contribution in [0.4, 0.5) is 4.79 Å². The van der Waals surface area contributed by atoms with Gasteiger partial charge in [0.05, 0.1) is 32.2 Å². The first-order valence-corrected chi connectivity index (χ1v) is 9.24. The normalized spacial score (nSPS) is 27.9. The molecule has 30 heavy (non-hydrogen) atoms. The van der Waals surface area contributed by atoms with Gasteiger partial charge < -0.3 is 40.0 Å². The van der Waals surface area contributed by atoms with Gasteiger partial charge >= 0.3 is 12.1 Å². The Morgan fingerprint density at radius 3 is 2.50 bits per heavy atom. The molecule has 1 aromatic rings. The monoisotopic (exact) mass is 432 g/mol. The maximum absolute atomic E-state index is 12.1. The first-order valence-electron chi connectivity index (χ1n) is 9.24. The zero-order chi connectivity index (χ0) is 22.6. The van der Waals surface area contributed by atoms with Gasteiger partial charge in [0.15, 0.2) is 0 Å². The van der Waals surface area contributed by atoms with E-state index in [4.69, 9.17) is 14.2 Å². The van der Waals surface area contributed by atoms with Gasteiger partial charge in [0.1, 0.15) is 42.2 Å². The Morgan fingerprint density at radius 2 is 1.93 bits per heavy atom. The number of carbonyl (C=O) groups excluding carboxylic acids is 2. The summed E-state index contributed by atoms with van der Waals surface area (Å²) < 4.78 is 16.5. The van der Waals surface area contributed by atoms with Crippen LogP contribution in [0.15, 0.2) is 6.20 Å². The number of alkyl carbamates (subject to hydrolysis) is 1. The molecule has 13 nitrogen and oxygen atoms in total. The predicted octanol–water partition coefficient (Wildman–Crippen LogP) is -2.14. The standard InChI is InChI=1S/C17H28N4O9/c1-17(2,3)30-16(27)19-8(15(26)28-4)6-21-9(5-18-20-21)14-13(25)12(24)11(23)10(7-22)29-14/h5,8,10-14,22-25H,6-7H2,1-4H3,(H,19,27)/t8-,10+,11+,12-,13+,14-/m0/s1. The summed E-state index contributed by atoms with van der Waals surface area (Å²) in [6.45, 7) is 4.13. The summed E-state index contributed by atoms with van der Waals surface area (Å²) >= 11 is 0. The quantitative estimate of drug-likeness (QED) is 0.309. The summed E-state index contributed by atoms with van der Waals surface area (Å²) in [5.41, 5.74) is -0.647. The van der Waals surface area contributed by atoms with E-state index in [9.17, 15) is 30.0 Å². The Morgan fingerprint density at radius 1 is 1.27 bits per heavy atom. The lowest BCUT2D eigenvalue weighted by Gasteiger charge is -2.39. The molecule has 0 unspecified atom stereocenters. The molecular formula is C17H28N4O9. The summed E-state index contributed by atoms with van der Waals surface area (Å²) in [7, 11) is 1.14. The van der Waals surface area contributed by atoms with Crippen LogP contribution in [0, 0.1) is 0 Å². The number of aromatic nitrogens is 3. The van der Waals surface area contributed by atoms with E-state index in [0.29, 0.717) is 0 Å². The highest BCUT2D eigenvalue weighted by Crippen LogP contribution is 2.32. The summed E-state index contributed by atoms with van der Waals surface area (Å²) in [5, 5.41) is 49.5. The summed E-state index contributed by atoms with van der Waals surface area (Å²) in [6.07, 6.45) is -6.65. The van der Waals surface area contributed by atoms with Crippen molar-refractivity contribution in [2.45, 2.75) is 69.5 Å². The highest BCUT2D eigenvalue weighted by Gasteiger charge is 2.45. The van der Waals surface area contributed by atoms with Crippen LogP contribution >= 0.6 is 0 Å². The number of amides is 1. The molecule has 170 valence electrons. The van der Waals surface area contributed by atoms with Crippen molar-refractivity contribution in [2.75, 3.05) is 13.7 Å². The minimum atomic E-state index is -1.60. The van der Waals surface area contributed by atoms with Crippen LogP contribution in [-0.2, 0) is 25.5 Å². The molecule has 0 saturated carbocycles. The molecule has 13 heteroatoms. The molecule has 2 heterocycles. The number of hydrogen-bond acceptors (Lipinski definition) is 11. The fourth-order valence-electron chi connectivity index (χ4n) is 2.92. The Labute approximate surface area is 172 Å². The largest absolute Gasteiger partial charge is 0.467 e. The van der Waals surface area contributed by atoms with Gasteiger partial charge in [-0.2, -0.15) is 0 Å². The van der Waals surface area contributed by atoms with Crippen LogP contribution in [-0.4, -0.2) is 97.3 Å². The molecule has 0 radical (unpaired) electrons. The van der Waals surface area contributed by atoms with Gasteiger partial charge in [-0.05, 0) is 20.8 Å². The van der Waals surface area contributed by atoms with Crippen LogP contribution in [0.5, 0.6) is 0 Å². The minimum absolute atomic E-state index is 0.145. The van der Waals surface area contributed by atoms with E-state index in [-0.39, 0.29) is 12.2 Å². The van der Waals surface area contributed by atoms with Crippen LogP contribution in [0.2, 0.25) is 0 Å². The van der Waals surface area contributed by atoms with Crippen molar-refractivity contribution in [3.05, 3.63) is 11.9 Å². The van der Waals surface area contributed by atoms with E-state index in [1.165, 1.54) is 10.9 Å². The van der Waals surface area contributed by atoms with Crippen molar-refractivity contribution in [1.29, 1.82) is 0 Å². The lowest BCUT2D eigenvalue weighted by Crippen LogP contribution is -2.55. The molecule has 1 amide bonds. The number of methoxy groups -OCH3 is 1. The molecule has 2 rings (SSSR count). The zero-order valence-electron chi connectivity index (χ0n) is 17.1. The van der Waals surface area contributed by atoms with E-state index < -0.39 is 60.8 Å². The average Bonchev–Trinajstić information content (AvgIpc) is 3.11. The van der Waals surface area contributed by atoms with Crippen LogP contribution in [0.3, 0.4) is 0 Å². The minimum Gasteiger partial charge on any atom is -0.467 e. The lowest BCUT2D eigenvalue weighted by molar-refractivity contribution is -0.233. The van der Waals surface area contributed by atoms with Gasteiger partial charge in [-0.15, -0.1) is 5.10 Å². The molecule has 0 aliphatic carbocycles. The van der Waals surface area contributed by atoms with Gasteiger partial charge in [0.25, 0.3) is 0 Å². The Hall–Kier alpha value is -2.32. The SMILES string of the molecule is COC(=O)[C@H](Cn1nncc1[C@@H]1O[C@H](CO)[C@@H](O)[C@H](O)[C@H]1O)NC(=O)OC(C)(C)C. The molecule has 0 spiro atoms. The molecule has 1 saturated heterocycles. The van der Waals surface area contributed by atoms with Gasteiger partial charge in [-0.1, -0.05) is 5.21 Å². The molecule has 1 aliphatic heterocycles. The fraction of sp³-hybridized carbons (Fsp3) is 0.765. The first-order chi connectivity index (χ1) is 14.0. The van der Waals surface area contributed by atoms with Gasteiger partial charge in [0.2, 0.25) is 0 Å². The topological polar surface area (TPSA) is 185 Å². The number of nitrogens with zero attached hydrogens (tertiary/aromatic N) is 3. The smallest absolute Gasteiger partial charge is 0.408 e.